The van der Waals surface area contributed by atoms with Crippen LogP contribution in [0.1, 0.15) is 54.4 Å². The maximum absolute atomic E-state index is 11.4. The maximum Gasteiger partial charge on any atom is 0.192 e. The second kappa shape index (κ2) is 6.85. The van der Waals surface area contributed by atoms with E-state index in [1.54, 1.807) is 0 Å². The zero-order valence-corrected chi connectivity index (χ0v) is 15.1. The van der Waals surface area contributed by atoms with Crippen molar-refractivity contribution in [2.24, 2.45) is 5.41 Å². The highest BCUT2D eigenvalue weighted by atomic mass is 28.4. The lowest BCUT2D eigenvalue weighted by atomic mass is 9.88. The molecule has 1 unspecified atom stereocenters. The lowest BCUT2D eigenvalue weighted by Crippen LogP contribution is -2.43. The van der Waals surface area contributed by atoms with Crippen LogP contribution in [0.2, 0.25) is 18.1 Å². The maximum atomic E-state index is 11.4. The van der Waals surface area contributed by atoms with E-state index in [-0.39, 0.29) is 10.5 Å². The van der Waals surface area contributed by atoms with Crippen molar-refractivity contribution in [3.05, 3.63) is 11.6 Å². The molecule has 0 aromatic rings. The normalized spacial score (nSPS) is 15.8. The van der Waals surface area contributed by atoms with E-state index < -0.39 is 8.32 Å². The molecule has 0 heterocycles. The smallest absolute Gasteiger partial charge is 0.192 e. The second-order valence-corrected chi connectivity index (χ2v) is 12.5. The van der Waals surface area contributed by atoms with E-state index in [4.69, 9.17) is 4.43 Å². The van der Waals surface area contributed by atoms with Gasteiger partial charge in [0.15, 0.2) is 8.32 Å². The molecule has 19 heavy (non-hydrogen) atoms. The molecule has 1 atom stereocenters. The molecule has 0 aliphatic heterocycles. The van der Waals surface area contributed by atoms with Crippen molar-refractivity contribution >= 4 is 14.6 Å². The van der Waals surface area contributed by atoms with Gasteiger partial charge in [0, 0.05) is 12.0 Å². The molecular weight excluding hydrogens is 252 g/mol. The number of rotatable bonds is 7. The average molecular weight is 285 g/mol. The number of hydrogen-bond acceptors (Lipinski definition) is 2. The summed E-state index contributed by atoms with van der Waals surface area (Å²) >= 11 is 0. The van der Waals surface area contributed by atoms with Gasteiger partial charge in [-0.1, -0.05) is 39.3 Å². The molecule has 0 aromatic carbocycles. The first-order valence-electron chi connectivity index (χ1n) is 7.17. The van der Waals surface area contributed by atoms with Crippen molar-refractivity contribution in [3.63, 3.8) is 0 Å². The van der Waals surface area contributed by atoms with E-state index in [0.29, 0.717) is 6.61 Å². The highest BCUT2D eigenvalue weighted by molar-refractivity contribution is 6.74. The first kappa shape index (κ1) is 18.6. The third kappa shape index (κ3) is 6.53. The second-order valence-electron chi connectivity index (χ2n) is 7.64. The zero-order chi connectivity index (χ0) is 15.3. The molecule has 0 radical (unpaired) electrons. The first-order chi connectivity index (χ1) is 8.43. The molecule has 0 aliphatic rings. The van der Waals surface area contributed by atoms with Gasteiger partial charge in [-0.15, -0.1) is 0 Å². The summed E-state index contributed by atoms with van der Waals surface area (Å²) in [7, 11) is -1.77. The van der Waals surface area contributed by atoms with Gasteiger partial charge in [0.05, 0.1) is 0 Å². The van der Waals surface area contributed by atoms with Crippen molar-refractivity contribution in [1.82, 2.24) is 0 Å². The Balaban J connectivity index is 4.56. The molecule has 0 spiro atoms. The van der Waals surface area contributed by atoms with Crippen LogP contribution in [0.3, 0.4) is 0 Å². The van der Waals surface area contributed by atoms with Gasteiger partial charge >= 0.3 is 0 Å². The molecule has 3 heteroatoms. The predicted octanol–water partition coefficient (Wildman–Crippen LogP) is 4.96. The quantitative estimate of drug-likeness (QED) is 0.375. The predicted molar refractivity (Wildman–Crippen MR) is 86.0 cm³/mol. The molecule has 0 fully saturated rings. The van der Waals surface area contributed by atoms with Gasteiger partial charge < -0.3 is 9.22 Å². The fourth-order valence-corrected chi connectivity index (χ4v) is 2.54. The number of hydrogen-bond donors (Lipinski definition) is 0. The first-order valence-corrected chi connectivity index (χ1v) is 10.1. The van der Waals surface area contributed by atoms with Gasteiger partial charge in [-0.25, -0.2) is 0 Å². The van der Waals surface area contributed by atoms with Crippen molar-refractivity contribution in [3.8, 4) is 0 Å². The number of aldehydes is 1. The fraction of sp³-hybridized carbons (Fsp3) is 0.812. The molecule has 0 amide bonds. The minimum absolute atomic E-state index is 0.191. The summed E-state index contributed by atoms with van der Waals surface area (Å²) in [5.74, 6) is 0. The van der Waals surface area contributed by atoms with Gasteiger partial charge in [-0.3, -0.25) is 0 Å². The standard InChI is InChI=1S/C16H32O2Si/c1-14(2)10-9-11-16(6,12-17)13-18-19(7,8)15(3,4)5/h10,12H,9,11,13H2,1-8H3. The summed E-state index contributed by atoms with van der Waals surface area (Å²) in [6.07, 6.45) is 5.06. The van der Waals surface area contributed by atoms with Gasteiger partial charge in [0.2, 0.25) is 0 Å². The van der Waals surface area contributed by atoms with Crippen LogP contribution >= 0.6 is 0 Å². The van der Waals surface area contributed by atoms with E-state index in [1.165, 1.54) is 5.57 Å². The summed E-state index contributed by atoms with van der Waals surface area (Å²) in [5, 5.41) is 0.191. The molecule has 0 saturated carbocycles. The van der Waals surface area contributed by atoms with Gasteiger partial charge in [0.1, 0.15) is 6.29 Å². The van der Waals surface area contributed by atoms with Crippen LogP contribution in [0, 0.1) is 5.41 Å². The highest BCUT2D eigenvalue weighted by Gasteiger charge is 2.39. The third-order valence-corrected chi connectivity index (χ3v) is 8.60. The Bertz CT molecular complexity index is 322. The molecule has 2 nitrogen and oxygen atoms in total. The van der Waals surface area contributed by atoms with E-state index in [9.17, 15) is 4.79 Å². The molecule has 0 aromatic heterocycles. The van der Waals surface area contributed by atoms with Crippen molar-refractivity contribution in [2.45, 2.75) is 72.5 Å². The lowest BCUT2D eigenvalue weighted by Gasteiger charge is -2.38. The third-order valence-electron chi connectivity index (χ3n) is 4.12. The van der Waals surface area contributed by atoms with Crippen molar-refractivity contribution in [1.29, 1.82) is 0 Å². The zero-order valence-electron chi connectivity index (χ0n) is 14.1. The topological polar surface area (TPSA) is 26.3 Å². The summed E-state index contributed by atoms with van der Waals surface area (Å²) in [6, 6.07) is 0. The average Bonchev–Trinajstić information content (AvgIpc) is 2.24. The summed E-state index contributed by atoms with van der Waals surface area (Å²) < 4.78 is 6.19. The van der Waals surface area contributed by atoms with Crippen LogP contribution in [-0.4, -0.2) is 21.2 Å². The van der Waals surface area contributed by atoms with E-state index in [1.807, 2.05) is 6.92 Å². The fourth-order valence-electron chi connectivity index (χ4n) is 1.42. The van der Waals surface area contributed by atoms with E-state index in [0.717, 1.165) is 19.1 Å². The minimum atomic E-state index is -1.77. The van der Waals surface area contributed by atoms with Crippen molar-refractivity contribution in [2.75, 3.05) is 6.61 Å². The molecule has 112 valence electrons. The SMILES string of the molecule is CC(C)=CCCC(C)(C=O)CO[Si](C)(C)C(C)(C)C. The molecule has 0 rings (SSSR count). The molecular formula is C16H32O2Si. The number of carbonyl (C=O) groups is 1. The van der Waals surface area contributed by atoms with Crippen LogP contribution in [-0.2, 0) is 9.22 Å². The van der Waals surface area contributed by atoms with Crippen molar-refractivity contribution < 1.29 is 9.22 Å². The largest absolute Gasteiger partial charge is 0.416 e. The Morgan fingerprint density at radius 1 is 1.16 bits per heavy atom. The van der Waals surface area contributed by atoms with Crippen LogP contribution < -0.4 is 0 Å². The summed E-state index contributed by atoms with van der Waals surface area (Å²) in [5.41, 5.74) is 0.945. The van der Waals surface area contributed by atoms with Gasteiger partial charge in [0.25, 0.3) is 0 Å². The monoisotopic (exact) mass is 284 g/mol. The minimum Gasteiger partial charge on any atom is -0.416 e. The molecule has 0 aliphatic carbocycles. The number of carbonyl (C=O) groups excluding carboxylic acids is 1. The van der Waals surface area contributed by atoms with E-state index >= 15 is 0 Å². The number of allylic oxidation sites excluding steroid dienone is 2. The Morgan fingerprint density at radius 2 is 1.68 bits per heavy atom. The lowest BCUT2D eigenvalue weighted by molar-refractivity contribution is -0.117. The molecule has 0 saturated heterocycles. The Kier molecular flexibility index (Phi) is 6.70. The molecule has 0 N–H and O–H groups in total. The highest BCUT2D eigenvalue weighted by Crippen LogP contribution is 2.38. The Hall–Kier alpha value is -0.413. The van der Waals surface area contributed by atoms with Crippen LogP contribution in [0.15, 0.2) is 11.6 Å². The summed E-state index contributed by atoms with van der Waals surface area (Å²) in [4.78, 5) is 11.4. The Labute approximate surface area is 120 Å². The van der Waals surface area contributed by atoms with E-state index in [2.05, 4.69) is 53.8 Å². The van der Waals surface area contributed by atoms with Crippen LogP contribution in [0.4, 0.5) is 0 Å². The van der Waals surface area contributed by atoms with Crippen LogP contribution in [0.25, 0.3) is 0 Å². The molecule has 0 bridgehead atoms. The van der Waals surface area contributed by atoms with Crippen LogP contribution in [0.5, 0.6) is 0 Å². The Morgan fingerprint density at radius 3 is 2.05 bits per heavy atom. The van der Waals surface area contributed by atoms with Gasteiger partial charge in [-0.2, -0.15) is 0 Å². The summed E-state index contributed by atoms with van der Waals surface area (Å²) in [6.45, 7) is 17.9. The van der Waals surface area contributed by atoms with Gasteiger partial charge in [-0.05, 0) is 44.8 Å².